The van der Waals surface area contributed by atoms with Crippen molar-refractivity contribution in [3.8, 4) is 0 Å². The van der Waals surface area contributed by atoms with Gasteiger partial charge in [-0.15, -0.1) is 0 Å². The van der Waals surface area contributed by atoms with Gasteiger partial charge in [0.05, 0.1) is 12.7 Å². The molecule has 0 bridgehead atoms. The maximum Gasteiger partial charge on any atom is 0.302 e. The molecule has 0 atom stereocenters. The van der Waals surface area contributed by atoms with Crippen LogP contribution in [-0.4, -0.2) is 25.3 Å². The molecule has 0 amide bonds. The second-order valence-electron chi connectivity index (χ2n) is 2.66. The summed E-state index contributed by atoms with van der Waals surface area (Å²) in [5.74, 6) is -0.260. The summed E-state index contributed by atoms with van der Waals surface area (Å²) in [5.41, 5.74) is 0. The van der Waals surface area contributed by atoms with E-state index in [0.717, 1.165) is 0 Å². The Bertz CT molecular complexity index is 150. The van der Waals surface area contributed by atoms with E-state index in [1.54, 1.807) is 6.08 Å². The van der Waals surface area contributed by atoms with Crippen LogP contribution in [0, 0.1) is 0 Å². The second-order valence-corrected chi connectivity index (χ2v) is 2.66. The van der Waals surface area contributed by atoms with E-state index in [2.05, 4.69) is 4.74 Å². The van der Waals surface area contributed by atoms with Crippen LogP contribution in [0.15, 0.2) is 12.2 Å². The molecule has 70 valence electrons. The van der Waals surface area contributed by atoms with Gasteiger partial charge in [-0.3, -0.25) is 4.79 Å². The number of hydrogen-bond acceptors (Lipinski definition) is 3. The zero-order chi connectivity index (χ0) is 9.40. The number of hydrogen-bond donors (Lipinski definition) is 0. The van der Waals surface area contributed by atoms with Gasteiger partial charge in [0.2, 0.25) is 0 Å². The van der Waals surface area contributed by atoms with Crippen molar-refractivity contribution >= 4 is 5.97 Å². The third-order valence-corrected chi connectivity index (χ3v) is 1.08. The van der Waals surface area contributed by atoms with Crippen molar-refractivity contribution in [1.82, 2.24) is 0 Å². The first kappa shape index (κ1) is 11.2. The minimum atomic E-state index is -0.260. The monoisotopic (exact) mass is 172 g/mol. The molecule has 0 unspecified atom stereocenters. The molecule has 0 aromatic rings. The van der Waals surface area contributed by atoms with E-state index < -0.39 is 0 Å². The highest BCUT2D eigenvalue weighted by molar-refractivity contribution is 5.65. The van der Waals surface area contributed by atoms with Gasteiger partial charge >= 0.3 is 5.97 Å². The Labute approximate surface area is 73.4 Å². The fourth-order valence-corrected chi connectivity index (χ4v) is 0.550. The van der Waals surface area contributed by atoms with Gasteiger partial charge in [0.1, 0.15) is 6.61 Å². The van der Waals surface area contributed by atoms with Gasteiger partial charge in [0.25, 0.3) is 0 Å². The predicted octanol–water partition coefficient (Wildman–Crippen LogP) is 1.53. The van der Waals surface area contributed by atoms with Gasteiger partial charge in [-0.2, -0.15) is 0 Å². The maximum atomic E-state index is 10.3. The molecule has 0 saturated carbocycles. The summed E-state index contributed by atoms with van der Waals surface area (Å²) in [5, 5.41) is 0. The summed E-state index contributed by atoms with van der Waals surface area (Å²) in [4.78, 5) is 10.3. The molecule has 0 aliphatic heterocycles. The zero-order valence-corrected chi connectivity index (χ0v) is 7.87. The largest absolute Gasteiger partial charge is 0.462 e. The van der Waals surface area contributed by atoms with Gasteiger partial charge in [-0.25, -0.2) is 0 Å². The average molecular weight is 172 g/mol. The first-order valence-electron chi connectivity index (χ1n) is 4.03. The number of carbonyl (C=O) groups excluding carboxylic acids is 1. The molecule has 3 heteroatoms. The topological polar surface area (TPSA) is 35.5 Å². The molecule has 0 aromatic carbocycles. The highest BCUT2D eigenvalue weighted by Gasteiger charge is 1.89. The van der Waals surface area contributed by atoms with Crippen LogP contribution in [0.5, 0.6) is 0 Å². The third-order valence-electron chi connectivity index (χ3n) is 1.08. The molecule has 0 fully saturated rings. The van der Waals surface area contributed by atoms with Gasteiger partial charge < -0.3 is 9.47 Å². The highest BCUT2D eigenvalue weighted by atomic mass is 16.5. The third kappa shape index (κ3) is 9.17. The molecule has 12 heavy (non-hydrogen) atoms. The van der Waals surface area contributed by atoms with E-state index in [0.29, 0.717) is 13.2 Å². The van der Waals surface area contributed by atoms with Gasteiger partial charge in [0.15, 0.2) is 0 Å². The summed E-state index contributed by atoms with van der Waals surface area (Å²) in [6, 6.07) is 0. The summed E-state index contributed by atoms with van der Waals surface area (Å²) >= 11 is 0. The Hall–Kier alpha value is -0.830. The molecule has 0 radical (unpaired) electrons. The van der Waals surface area contributed by atoms with Crippen molar-refractivity contribution in [3.05, 3.63) is 12.2 Å². The fraction of sp³-hybridized carbons (Fsp3) is 0.667. The van der Waals surface area contributed by atoms with E-state index >= 15 is 0 Å². The lowest BCUT2D eigenvalue weighted by molar-refractivity contribution is -0.139. The second kappa shape index (κ2) is 6.85. The number of rotatable bonds is 5. The number of ether oxygens (including phenoxy) is 2. The van der Waals surface area contributed by atoms with Crippen molar-refractivity contribution in [3.63, 3.8) is 0 Å². The lowest BCUT2D eigenvalue weighted by Crippen LogP contribution is -2.02. The van der Waals surface area contributed by atoms with Crippen molar-refractivity contribution in [1.29, 1.82) is 0 Å². The average Bonchev–Trinajstić information content (AvgIpc) is 1.95. The van der Waals surface area contributed by atoms with Crippen LogP contribution in [-0.2, 0) is 14.3 Å². The molecule has 0 rings (SSSR count). The van der Waals surface area contributed by atoms with Crippen LogP contribution in [0.3, 0.4) is 0 Å². The fourth-order valence-electron chi connectivity index (χ4n) is 0.550. The van der Waals surface area contributed by atoms with Crippen molar-refractivity contribution in [2.24, 2.45) is 0 Å². The lowest BCUT2D eigenvalue weighted by atomic mass is 10.5. The Morgan fingerprint density at radius 3 is 2.42 bits per heavy atom. The Morgan fingerprint density at radius 2 is 1.92 bits per heavy atom. The quantitative estimate of drug-likeness (QED) is 0.466. The molecular weight excluding hydrogens is 156 g/mol. The van der Waals surface area contributed by atoms with Crippen LogP contribution >= 0.6 is 0 Å². The van der Waals surface area contributed by atoms with Crippen LogP contribution in [0.2, 0.25) is 0 Å². The molecule has 0 spiro atoms. The minimum Gasteiger partial charge on any atom is -0.462 e. The molecule has 0 N–H and O–H groups in total. The van der Waals surface area contributed by atoms with Gasteiger partial charge in [-0.1, -0.05) is 6.08 Å². The molecular formula is C9H16O3. The van der Waals surface area contributed by atoms with Crippen LogP contribution in [0.4, 0.5) is 0 Å². The normalized spacial score (nSPS) is 11.0. The molecule has 0 aliphatic carbocycles. The summed E-state index contributed by atoms with van der Waals surface area (Å²) < 4.78 is 9.89. The molecule has 3 nitrogen and oxygen atoms in total. The van der Waals surface area contributed by atoms with Gasteiger partial charge in [-0.05, 0) is 19.9 Å². The van der Waals surface area contributed by atoms with Crippen molar-refractivity contribution < 1.29 is 14.3 Å². The zero-order valence-electron chi connectivity index (χ0n) is 7.87. The summed E-state index contributed by atoms with van der Waals surface area (Å²) in [6.07, 6.45) is 3.84. The van der Waals surface area contributed by atoms with Gasteiger partial charge in [0, 0.05) is 6.92 Å². The summed E-state index contributed by atoms with van der Waals surface area (Å²) in [7, 11) is 0. The van der Waals surface area contributed by atoms with Crippen LogP contribution in [0.1, 0.15) is 20.8 Å². The molecule has 0 heterocycles. The highest BCUT2D eigenvalue weighted by Crippen LogP contribution is 1.87. The predicted molar refractivity (Wildman–Crippen MR) is 46.9 cm³/mol. The first-order valence-corrected chi connectivity index (χ1v) is 4.03. The first-order chi connectivity index (χ1) is 5.63. The van der Waals surface area contributed by atoms with Crippen LogP contribution < -0.4 is 0 Å². The van der Waals surface area contributed by atoms with Crippen LogP contribution in [0.25, 0.3) is 0 Å². The Kier molecular flexibility index (Phi) is 6.38. The molecule has 0 aromatic heterocycles. The lowest BCUT2D eigenvalue weighted by Gasteiger charge is -2.02. The van der Waals surface area contributed by atoms with E-state index in [9.17, 15) is 4.79 Å². The summed E-state index contributed by atoms with van der Waals surface area (Å²) in [6.45, 7) is 6.23. The molecule has 0 saturated heterocycles. The number of esters is 1. The van der Waals surface area contributed by atoms with E-state index in [1.807, 2.05) is 19.9 Å². The van der Waals surface area contributed by atoms with E-state index in [1.165, 1.54) is 6.92 Å². The van der Waals surface area contributed by atoms with E-state index in [4.69, 9.17) is 4.74 Å². The number of carbonyl (C=O) groups is 1. The van der Waals surface area contributed by atoms with Crippen molar-refractivity contribution in [2.75, 3.05) is 13.2 Å². The Morgan fingerprint density at radius 1 is 1.33 bits per heavy atom. The molecule has 0 aliphatic rings. The Balaban J connectivity index is 3.20. The van der Waals surface area contributed by atoms with Crippen molar-refractivity contribution in [2.45, 2.75) is 26.9 Å². The van der Waals surface area contributed by atoms with E-state index in [-0.39, 0.29) is 12.1 Å². The standard InChI is InChI=1S/C9H16O3/c1-8(2)11-6-4-5-7-12-9(3)10/h4-5,8H,6-7H2,1-3H3/b5-4+. The minimum absolute atomic E-state index is 0.239. The SMILES string of the molecule is CC(=O)OC/C=C/COC(C)C. The maximum absolute atomic E-state index is 10.3. The smallest absolute Gasteiger partial charge is 0.302 e.